The van der Waals surface area contributed by atoms with Gasteiger partial charge in [0.15, 0.2) is 0 Å². The van der Waals surface area contributed by atoms with Crippen LogP contribution < -0.4 is 5.32 Å². The van der Waals surface area contributed by atoms with Crippen LogP contribution in [0, 0.1) is 5.92 Å². The first-order valence-electron chi connectivity index (χ1n) is 6.78. The Hall–Kier alpha value is -1.73. The van der Waals surface area contributed by atoms with E-state index in [0.717, 1.165) is 6.54 Å². The first-order chi connectivity index (χ1) is 9.95. The molecule has 114 valence electrons. The van der Waals surface area contributed by atoms with E-state index in [1.165, 1.54) is 0 Å². The first kappa shape index (κ1) is 15.7. The van der Waals surface area contributed by atoms with E-state index in [1.54, 1.807) is 23.1 Å². The van der Waals surface area contributed by atoms with Crippen LogP contribution in [0.25, 0.3) is 5.95 Å². The molecule has 2 rings (SSSR count). The van der Waals surface area contributed by atoms with E-state index in [-0.39, 0.29) is 11.3 Å². The number of anilines is 1. The zero-order valence-corrected chi connectivity index (χ0v) is 13.4. The highest BCUT2D eigenvalue weighted by Gasteiger charge is 2.17. The summed E-state index contributed by atoms with van der Waals surface area (Å²) < 4.78 is 1.55. The van der Waals surface area contributed by atoms with E-state index in [0.29, 0.717) is 17.8 Å². The summed E-state index contributed by atoms with van der Waals surface area (Å²) in [5.74, 6) is 1.28. The second kappa shape index (κ2) is 6.82. The molecule has 0 aliphatic heterocycles. The molecule has 0 aliphatic carbocycles. The highest BCUT2D eigenvalue weighted by Crippen LogP contribution is 2.13. The molecule has 0 bridgehead atoms. The highest BCUT2D eigenvalue weighted by molar-refractivity contribution is 6.28. The normalized spacial score (nSPS) is 12.9. The van der Waals surface area contributed by atoms with Gasteiger partial charge in [-0.15, -0.1) is 0 Å². The van der Waals surface area contributed by atoms with Gasteiger partial charge in [0.05, 0.1) is 0 Å². The van der Waals surface area contributed by atoms with Gasteiger partial charge in [-0.25, -0.2) is 4.68 Å². The lowest BCUT2D eigenvalue weighted by Crippen LogP contribution is -2.37. The summed E-state index contributed by atoms with van der Waals surface area (Å²) in [5.41, 5.74) is 0. The van der Waals surface area contributed by atoms with Crippen molar-refractivity contribution in [3.63, 3.8) is 0 Å². The van der Waals surface area contributed by atoms with Crippen LogP contribution in [0.2, 0.25) is 5.28 Å². The van der Waals surface area contributed by atoms with Crippen molar-refractivity contribution in [2.45, 2.75) is 19.9 Å². The molecule has 1 atom stereocenters. The lowest BCUT2D eigenvalue weighted by molar-refractivity contribution is 0.343. The molecule has 2 aromatic rings. The molecule has 2 heterocycles. The molecule has 1 N–H and O–H groups in total. The van der Waals surface area contributed by atoms with Gasteiger partial charge in [0.2, 0.25) is 11.2 Å². The zero-order valence-electron chi connectivity index (χ0n) is 12.7. The Morgan fingerprint density at radius 1 is 1.29 bits per heavy atom. The topological polar surface area (TPSA) is 71.8 Å². The third-order valence-corrected chi connectivity index (χ3v) is 3.16. The summed E-state index contributed by atoms with van der Waals surface area (Å²) in [6.45, 7) is 5.18. The third-order valence-electron chi connectivity index (χ3n) is 2.99. The molecule has 7 nitrogen and oxygen atoms in total. The molecule has 1 unspecified atom stereocenters. The number of likely N-dealkylation sites (N-methyl/N-ethyl adjacent to an activating group) is 1. The van der Waals surface area contributed by atoms with Gasteiger partial charge < -0.3 is 10.2 Å². The van der Waals surface area contributed by atoms with Crippen molar-refractivity contribution in [3.8, 4) is 5.95 Å². The maximum atomic E-state index is 5.98. The summed E-state index contributed by atoms with van der Waals surface area (Å²) >= 11 is 5.98. The Morgan fingerprint density at radius 2 is 2.05 bits per heavy atom. The number of hydrogen-bond donors (Lipinski definition) is 1. The summed E-state index contributed by atoms with van der Waals surface area (Å²) in [7, 11) is 4.07. The number of rotatable bonds is 6. The second-order valence-corrected chi connectivity index (χ2v) is 5.77. The Bertz CT molecular complexity index is 568. The molecule has 8 heteroatoms. The molecule has 21 heavy (non-hydrogen) atoms. The smallest absolute Gasteiger partial charge is 0.256 e. The molecule has 0 saturated heterocycles. The molecule has 0 spiro atoms. The maximum absolute atomic E-state index is 5.98. The highest BCUT2D eigenvalue weighted by atomic mass is 35.5. The molecular formula is C13H20ClN7. The van der Waals surface area contributed by atoms with Gasteiger partial charge in [-0.05, 0) is 37.7 Å². The minimum absolute atomic E-state index is 0.144. The average Bonchev–Trinajstić information content (AvgIpc) is 2.90. The number of hydrogen-bond acceptors (Lipinski definition) is 6. The Labute approximate surface area is 129 Å². The average molecular weight is 310 g/mol. The lowest BCUT2D eigenvalue weighted by Gasteiger charge is -2.25. The van der Waals surface area contributed by atoms with Crippen LogP contribution in [0.15, 0.2) is 18.5 Å². The minimum atomic E-state index is 0.144. The van der Waals surface area contributed by atoms with Crippen LogP contribution in [0.5, 0.6) is 0 Å². The SMILES string of the molecule is CC(C)C(CN(C)C)Nc1nc(Cl)nc(-n2cccn2)n1. The van der Waals surface area contributed by atoms with E-state index < -0.39 is 0 Å². The predicted molar refractivity (Wildman–Crippen MR) is 82.8 cm³/mol. The van der Waals surface area contributed by atoms with Crippen molar-refractivity contribution in [1.82, 2.24) is 29.6 Å². The summed E-state index contributed by atoms with van der Waals surface area (Å²) in [5, 5.41) is 7.57. The fourth-order valence-electron chi connectivity index (χ4n) is 1.88. The molecule has 0 radical (unpaired) electrons. The van der Waals surface area contributed by atoms with Gasteiger partial charge in [-0.3, -0.25) is 0 Å². The van der Waals surface area contributed by atoms with Crippen molar-refractivity contribution < 1.29 is 0 Å². The number of halogens is 1. The first-order valence-corrected chi connectivity index (χ1v) is 7.16. The van der Waals surface area contributed by atoms with E-state index in [2.05, 4.69) is 44.1 Å². The molecule has 2 aromatic heterocycles. The van der Waals surface area contributed by atoms with Crippen LogP contribution in [0.4, 0.5) is 5.95 Å². The van der Waals surface area contributed by atoms with E-state index in [4.69, 9.17) is 11.6 Å². The number of nitrogens with one attached hydrogen (secondary N) is 1. The fourth-order valence-corrected chi connectivity index (χ4v) is 2.03. The monoisotopic (exact) mass is 309 g/mol. The van der Waals surface area contributed by atoms with E-state index in [9.17, 15) is 0 Å². The van der Waals surface area contributed by atoms with Gasteiger partial charge in [0, 0.05) is 25.0 Å². The Balaban J connectivity index is 2.23. The molecule has 0 amide bonds. The van der Waals surface area contributed by atoms with Crippen LogP contribution in [-0.2, 0) is 0 Å². The van der Waals surface area contributed by atoms with Crippen molar-refractivity contribution in [2.75, 3.05) is 26.0 Å². The Kier molecular flexibility index (Phi) is 5.08. The fraction of sp³-hybridized carbons (Fsp3) is 0.538. The van der Waals surface area contributed by atoms with Gasteiger partial charge in [-0.1, -0.05) is 13.8 Å². The Morgan fingerprint density at radius 3 is 2.62 bits per heavy atom. The van der Waals surface area contributed by atoms with Crippen molar-refractivity contribution in [1.29, 1.82) is 0 Å². The van der Waals surface area contributed by atoms with Gasteiger partial charge in [-0.2, -0.15) is 20.1 Å². The minimum Gasteiger partial charge on any atom is -0.350 e. The molecular weight excluding hydrogens is 290 g/mol. The van der Waals surface area contributed by atoms with Crippen molar-refractivity contribution in [3.05, 3.63) is 23.7 Å². The van der Waals surface area contributed by atoms with E-state index in [1.807, 2.05) is 14.1 Å². The van der Waals surface area contributed by atoms with Crippen LogP contribution in [0.1, 0.15) is 13.8 Å². The van der Waals surface area contributed by atoms with Gasteiger partial charge >= 0.3 is 0 Å². The van der Waals surface area contributed by atoms with Gasteiger partial charge in [0.1, 0.15) is 0 Å². The molecule has 0 aromatic carbocycles. The summed E-state index contributed by atoms with van der Waals surface area (Å²) in [6.07, 6.45) is 3.42. The largest absolute Gasteiger partial charge is 0.350 e. The standard InChI is InChI=1S/C13H20ClN7/c1-9(2)10(8-20(3)4)16-12-17-11(14)18-13(19-12)21-7-5-6-15-21/h5-7,9-10H,8H2,1-4H3,(H,16,17,18,19). The number of nitrogens with zero attached hydrogens (tertiary/aromatic N) is 6. The summed E-state index contributed by atoms with van der Waals surface area (Å²) in [4.78, 5) is 14.7. The quantitative estimate of drug-likeness (QED) is 0.876. The van der Waals surface area contributed by atoms with Gasteiger partial charge in [0.25, 0.3) is 5.95 Å². The zero-order chi connectivity index (χ0) is 15.4. The van der Waals surface area contributed by atoms with Crippen molar-refractivity contribution >= 4 is 17.5 Å². The van der Waals surface area contributed by atoms with Crippen LogP contribution >= 0.6 is 11.6 Å². The lowest BCUT2D eigenvalue weighted by atomic mass is 10.0. The van der Waals surface area contributed by atoms with E-state index >= 15 is 0 Å². The van der Waals surface area contributed by atoms with Crippen molar-refractivity contribution in [2.24, 2.45) is 5.92 Å². The summed E-state index contributed by atoms with van der Waals surface area (Å²) in [6, 6.07) is 2.01. The molecule has 0 aliphatic rings. The maximum Gasteiger partial charge on any atom is 0.256 e. The van der Waals surface area contributed by atoms with Crippen LogP contribution in [0.3, 0.4) is 0 Å². The molecule has 0 fully saturated rings. The third kappa shape index (κ3) is 4.37. The number of aromatic nitrogens is 5. The molecule has 0 saturated carbocycles. The predicted octanol–water partition coefficient (Wildman–Crippen LogP) is 1.71. The van der Waals surface area contributed by atoms with Crippen LogP contribution in [-0.4, -0.2) is 56.3 Å². The second-order valence-electron chi connectivity index (χ2n) is 5.44.